The van der Waals surface area contributed by atoms with E-state index >= 15 is 0 Å². The van der Waals surface area contributed by atoms with Crippen LogP contribution in [0.15, 0.2) is 29.2 Å². The fourth-order valence-electron chi connectivity index (χ4n) is 2.07. The van der Waals surface area contributed by atoms with Gasteiger partial charge in [-0.15, -0.1) is 11.8 Å². The molecule has 2 rings (SSSR count). The molecule has 0 atom stereocenters. The predicted octanol–water partition coefficient (Wildman–Crippen LogP) is 1.06. The number of nitrogens with zero attached hydrogens (tertiary/aromatic N) is 1. The maximum Gasteiger partial charge on any atom is 0.233 e. The Morgan fingerprint density at radius 1 is 1.25 bits per heavy atom. The van der Waals surface area contributed by atoms with Crippen LogP contribution in [0.2, 0.25) is 0 Å². The van der Waals surface area contributed by atoms with E-state index in [1.54, 1.807) is 23.9 Å². The first kappa shape index (κ1) is 15.6. The molecule has 1 aromatic carbocycles. The zero-order chi connectivity index (χ0) is 14.4. The first-order valence-corrected chi connectivity index (χ1v) is 9.54. The van der Waals surface area contributed by atoms with Crippen molar-refractivity contribution in [3.63, 3.8) is 0 Å². The van der Waals surface area contributed by atoms with Crippen molar-refractivity contribution in [2.75, 3.05) is 49.5 Å². The van der Waals surface area contributed by atoms with Gasteiger partial charge in [0.1, 0.15) is 0 Å². The minimum absolute atomic E-state index is 0.136. The van der Waals surface area contributed by atoms with Gasteiger partial charge < -0.3 is 5.32 Å². The molecule has 1 fully saturated rings. The molecule has 112 valence electrons. The van der Waals surface area contributed by atoms with Crippen LogP contribution in [0.5, 0.6) is 0 Å². The maximum atomic E-state index is 12.0. The van der Waals surface area contributed by atoms with E-state index in [9.17, 15) is 8.42 Å². The number of sulfonamides is 1. The van der Waals surface area contributed by atoms with Crippen LogP contribution in [-0.2, 0) is 10.0 Å². The van der Waals surface area contributed by atoms with Gasteiger partial charge in [0.25, 0.3) is 0 Å². The summed E-state index contributed by atoms with van der Waals surface area (Å²) < 4.78 is 26.7. The second-order valence-corrected chi connectivity index (χ2v) is 7.46. The van der Waals surface area contributed by atoms with Crippen molar-refractivity contribution in [3.8, 4) is 0 Å². The van der Waals surface area contributed by atoms with Gasteiger partial charge >= 0.3 is 0 Å². The summed E-state index contributed by atoms with van der Waals surface area (Å²) in [6.45, 7) is 4.28. The molecule has 0 spiro atoms. The molecule has 1 aromatic rings. The minimum Gasteiger partial charge on any atom is -0.314 e. The van der Waals surface area contributed by atoms with Crippen molar-refractivity contribution in [1.29, 1.82) is 0 Å². The van der Waals surface area contributed by atoms with Gasteiger partial charge in [0, 0.05) is 43.3 Å². The summed E-state index contributed by atoms with van der Waals surface area (Å²) in [4.78, 5) is 3.29. The third kappa shape index (κ3) is 4.97. The third-order valence-corrected chi connectivity index (χ3v) is 5.26. The Hall–Kier alpha value is -0.760. The highest BCUT2D eigenvalue weighted by Gasteiger charge is 2.15. The Bertz CT molecular complexity index is 511. The third-order valence-electron chi connectivity index (χ3n) is 3.25. The Labute approximate surface area is 125 Å². The number of thioether (sulfide) groups is 1. The fourth-order valence-corrected chi connectivity index (χ4v) is 3.58. The van der Waals surface area contributed by atoms with Gasteiger partial charge in [-0.25, -0.2) is 8.42 Å². The minimum atomic E-state index is -3.27. The molecule has 5 nitrogen and oxygen atoms in total. The summed E-state index contributed by atoms with van der Waals surface area (Å²) >= 11 is 1.63. The van der Waals surface area contributed by atoms with Crippen LogP contribution >= 0.6 is 11.8 Å². The lowest BCUT2D eigenvalue weighted by molar-refractivity contribution is 0.254. The fraction of sp³-hybridized carbons (Fsp3) is 0.538. The van der Waals surface area contributed by atoms with Crippen molar-refractivity contribution >= 4 is 27.5 Å². The van der Waals surface area contributed by atoms with Crippen molar-refractivity contribution in [1.82, 2.24) is 10.2 Å². The lowest BCUT2D eigenvalue weighted by atomic mass is 10.3. The highest BCUT2D eigenvalue weighted by molar-refractivity contribution is 7.98. The number of benzene rings is 1. The maximum absolute atomic E-state index is 12.0. The Kier molecular flexibility index (Phi) is 5.71. The molecule has 0 aliphatic carbocycles. The van der Waals surface area contributed by atoms with Gasteiger partial charge in [-0.2, -0.15) is 0 Å². The Balaban J connectivity index is 1.85. The van der Waals surface area contributed by atoms with E-state index in [1.165, 1.54) is 0 Å². The molecule has 0 bridgehead atoms. The highest BCUT2D eigenvalue weighted by Crippen LogP contribution is 2.18. The van der Waals surface area contributed by atoms with Crippen LogP contribution in [0.25, 0.3) is 0 Å². The summed E-state index contributed by atoms with van der Waals surface area (Å²) in [5, 5.41) is 3.25. The van der Waals surface area contributed by atoms with Gasteiger partial charge in [0.05, 0.1) is 5.75 Å². The van der Waals surface area contributed by atoms with Gasteiger partial charge in [0.2, 0.25) is 10.0 Å². The van der Waals surface area contributed by atoms with E-state index in [0.717, 1.165) is 31.1 Å². The summed E-state index contributed by atoms with van der Waals surface area (Å²) in [5.41, 5.74) is 0.628. The number of hydrogen-bond acceptors (Lipinski definition) is 5. The summed E-state index contributed by atoms with van der Waals surface area (Å²) in [6.07, 6.45) is 1.99. The van der Waals surface area contributed by atoms with Crippen LogP contribution in [0, 0.1) is 0 Å². The van der Waals surface area contributed by atoms with E-state index in [2.05, 4.69) is 14.9 Å². The molecule has 2 N–H and O–H groups in total. The van der Waals surface area contributed by atoms with E-state index in [1.807, 2.05) is 18.4 Å². The first-order valence-electron chi connectivity index (χ1n) is 6.67. The second kappa shape index (κ2) is 7.31. The molecule has 20 heavy (non-hydrogen) atoms. The molecular formula is C13H21N3O2S2. The zero-order valence-corrected chi connectivity index (χ0v) is 13.3. The van der Waals surface area contributed by atoms with Gasteiger partial charge in [-0.1, -0.05) is 0 Å². The lowest BCUT2D eigenvalue weighted by Crippen LogP contribution is -2.45. The van der Waals surface area contributed by atoms with Crippen LogP contribution in [0.3, 0.4) is 0 Å². The Morgan fingerprint density at radius 2 is 1.90 bits per heavy atom. The molecule has 0 aromatic heterocycles. The lowest BCUT2D eigenvalue weighted by Gasteiger charge is -2.26. The Morgan fingerprint density at radius 3 is 2.50 bits per heavy atom. The topological polar surface area (TPSA) is 61.4 Å². The molecular weight excluding hydrogens is 294 g/mol. The van der Waals surface area contributed by atoms with E-state index in [-0.39, 0.29) is 5.75 Å². The van der Waals surface area contributed by atoms with Crippen molar-refractivity contribution in [2.24, 2.45) is 0 Å². The monoisotopic (exact) mass is 315 g/mol. The molecule has 0 saturated carbocycles. The number of piperazine rings is 1. The molecule has 1 aliphatic heterocycles. The van der Waals surface area contributed by atoms with Gasteiger partial charge in [-0.3, -0.25) is 9.62 Å². The molecule has 7 heteroatoms. The predicted molar refractivity (Wildman–Crippen MR) is 84.9 cm³/mol. The highest BCUT2D eigenvalue weighted by atomic mass is 32.2. The molecule has 1 heterocycles. The average molecular weight is 315 g/mol. The van der Waals surface area contributed by atoms with Crippen LogP contribution in [0.1, 0.15) is 0 Å². The van der Waals surface area contributed by atoms with Gasteiger partial charge in [0.15, 0.2) is 0 Å². The summed E-state index contributed by atoms with van der Waals surface area (Å²) in [5.74, 6) is 0.136. The van der Waals surface area contributed by atoms with Crippen LogP contribution in [-0.4, -0.2) is 58.1 Å². The number of nitrogens with one attached hydrogen (secondary N) is 2. The summed E-state index contributed by atoms with van der Waals surface area (Å²) in [7, 11) is -3.27. The largest absolute Gasteiger partial charge is 0.314 e. The number of rotatable bonds is 6. The molecule has 0 radical (unpaired) electrons. The van der Waals surface area contributed by atoms with Gasteiger partial charge in [-0.05, 0) is 30.5 Å². The first-order chi connectivity index (χ1) is 9.59. The van der Waals surface area contributed by atoms with Crippen molar-refractivity contribution < 1.29 is 8.42 Å². The summed E-state index contributed by atoms with van der Waals surface area (Å²) in [6, 6.07) is 7.43. The second-order valence-electron chi connectivity index (χ2n) is 4.74. The molecule has 0 unspecified atom stereocenters. The normalized spacial score (nSPS) is 17.1. The quantitative estimate of drug-likeness (QED) is 0.769. The standard InChI is InChI=1S/C13H21N3O2S2/c1-19-13-4-2-12(3-5-13)15-20(17,18)11-10-16-8-6-14-7-9-16/h2-5,14-15H,6-11H2,1H3. The van der Waals surface area contributed by atoms with Crippen molar-refractivity contribution in [3.05, 3.63) is 24.3 Å². The van der Waals surface area contributed by atoms with E-state index in [0.29, 0.717) is 12.2 Å². The average Bonchev–Trinajstić information content (AvgIpc) is 2.47. The van der Waals surface area contributed by atoms with Crippen molar-refractivity contribution in [2.45, 2.75) is 4.90 Å². The smallest absolute Gasteiger partial charge is 0.233 e. The van der Waals surface area contributed by atoms with Crippen LogP contribution in [0.4, 0.5) is 5.69 Å². The molecule has 1 saturated heterocycles. The van der Waals surface area contributed by atoms with E-state index < -0.39 is 10.0 Å². The molecule has 0 amide bonds. The number of anilines is 1. The molecule has 1 aliphatic rings. The number of hydrogen-bond donors (Lipinski definition) is 2. The SMILES string of the molecule is CSc1ccc(NS(=O)(=O)CCN2CCNCC2)cc1. The zero-order valence-electron chi connectivity index (χ0n) is 11.6. The van der Waals surface area contributed by atoms with E-state index in [4.69, 9.17) is 0 Å². The van der Waals surface area contributed by atoms with Crippen LogP contribution < -0.4 is 10.0 Å².